The second-order valence-electron chi connectivity index (χ2n) is 5.50. The van der Waals surface area contributed by atoms with Crippen molar-refractivity contribution in [2.75, 3.05) is 11.6 Å². The van der Waals surface area contributed by atoms with E-state index < -0.39 is 14.8 Å². The minimum Gasteiger partial charge on any atom is -0.369 e. The molecule has 0 fully saturated rings. The molecule has 7 nitrogen and oxygen atoms in total. The van der Waals surface area contributed by atoms with Crippen LogP contribution in [0.4, 0.5) is 10.7 Å². The Morgan fingerprint density at radius 1 is 1.48 bits per heavy atom. The molecule has 0 aliphatic heterocycles. The number of thiophene rings is 1. The van der Waals surface area contributed by atoms with Gasteiger partial charge in [0.1, 0.15) is 4.21 Å². The summed E-state index contributed by atoms with van der Waals surface area (Å²) in [6.45, 7) is 1.92. The van der Waals surface area contributed by atoms with Gasteiger partial charge in [-0.2, -0.15) is 0 Å². The van der Waals surface area contributed by atoms with E-state index in [0.717, 1.165) is 36.5 Å². The number of rotatable bonds is 7. The van der Waals surface area contributed by atoms with Crippen LogP contribution >= 0.6 is 11.3 Å². The number of nitrogens with zero attached hydrogens (tertiary/aromatic N) is 2. The largest absolute Gasteiger partial charge is 0.369 e. The van der Waals surface area contributed by atoms with Gasteiger partial charge in [-0.3, -0.25) is 10.1 Å². The van der Waals surface area contributed by atoms with Crippen LogP contribution in [0, 0.1) is 10.1 Å². The Bertz CT molecular complexity index is 808. The Morgan fingerprint density at radius 2 is 2.17 bits per heavy atom. The monoisotopic (exact) mass is 357 g/mol. The molecule has 0 aromatic carbocycles. The number of anilines is 1. The zero-order valence-electron chi connectivity index (χ0n) is 13.1. The van der Waals surface area contributed by atoms with Gasteiger partial charge < -0.3 is 9.88 Å². The molecule has 0 bridgehead atoms. The fraction of sp³-hybridized carbons (Fsp3) is 0.429. The first-order chi connectivity index (χ1) is 10.7. The highest BCUT2D eigenvalue weighted by Crippen LogP contribution is 2.37. The SMILES string of the molecule is CC(CCc1cccn1C)Nc1sc(S(C)(=O)=O)cc1[N+](=O)[O-]. The molecule has 0 aliphatic rings. The summed E-state index contributed by atoms with van der Waals surface area (Å²) in [5.74, 6) is 0. The maximum atomic E-state index is 11.6. The molecule has 0 aliphatic carbocycles. The van der Waals surface area contributed by atoms with Crippen molar-refractivity contribution >= 4 is 31.9 Å². The average Bonchev–Trinajstić information content (AvgIpc) is 3.02. The molecular weight excluding hydrogens is 338 g/mol. The lowest BCUT2D eigenvalue weighted by molar-refractivity contribution is -0.383. The highest BCUT2D eigenvalue weighted by Gasteiger charge is 2.24. The van der Waals surface area contributed by atoms with Gasteiger partial charge in [-0.1, -0.05) is 11.3 Å². The van der Waals surface area contributed by atoms with E-state index in [4.69, 9.17) is 0 Å². The number of nitrogens with one attached hydrogen (secondary N) is 1. The topological polar surface area (TPSA) is 94.2 Å². The van der Waals surface area contributed by atoms with Crippen LogP contribution in [0.1, 0.15) is 19.0 Å². The summed E-state index contributed by atoms with van der Waals surface area (Å²) in [4.78, 5) is 10.5. The highest BCUT2D eigenvalue weighted by molar-refractivity contribution is 7.92. The smallest absolute Gasteiger partial charge is 0.304 e. The van der Waals surface area contributed by atoms with Gasteiger partial charge in [0.15, 0.2) is 14.8 Å². The van der Waals surface area contributed by atoms with Crippen LogP contribution in [0.15, 0.2) is 28.6 Å². The van der Waals surface area contributed by atoms with E-state index >= 15 is 0 Å². The molecule has 0 radical (unpaired) electrons. The molecule has 0 amide bonds. The molecule has 0 spiro atoms. The lowest BCUT2D eigenvalue weighted by Crippen LogP contribution is -2.16. The predicted octanol–water partition coefficient (Wildman–Crippen LogP) is 2.83. The van der Waals surface area contributed by atoms with Crippen molar-refractivity contribution in [2.45, 2.75) is 30.0 Å². The number of nitro groups is 1. The van der Waals surface area contributed by atoms with Crippen molar-refractivity contribution in [1.29, 1.82) is 0 Å². The molecule has 1 N–H and O–H groups in total. The number of hydrogen-bond donors (Lipinski definition) is 1. The van der Waals surface area contributed by atoms with Crippen LogP contribution in [0.25, 0.3) is 0 Å². The minimum absolute atomic E-state index is 0.00124. The molecule has 23 heavy (non-hydrogen) atoms. The Hall–Kier alpha value is -1.87. The zero-order valence-corrected chi connectivity index (χ0v) is 14.8. The average molecular weight is 357 g/mol. The normalized spacial score (nSPS) is 13.0. The van der Waals surface area contributed by atoms with Crippen molar-refractivity contribution in [3.8, 4) is 0 Å². The Kier molecular flexibility index (Phi) is 5.10. The second kappa shape index (κ2) is 6.71. The van der Waals surface area contributed by atoms with Crippen LogP contribution in [0.5, 0.6) is 0 Å². The van der Waals surface area contributed by atoms with E-state index in [1.54, 1.807) is 0 Å². The Labute approximate surface area is 139 Å². The van der Waals surface area contributed by atoms with Crippen molar-refractivity contribution in [2.24, 2.45) is 7.05 Å². The molecular formula is C14H19N3O4S2. The van der Waals surface area contributed by atoms with Gasteiger partial charge in [0.25, 0.3) is 0 Å². The molecule has 2 rings (SSSR count). The number of aryl methyl sites for hydroxylation is 2. The summed E-state index contributed by atoms with van der Waals surface area (Å²) in [7, 11) is -1.49. The first kappa shape index (κ1) is 17.5. The van der Waals surface area contributed by atoms with Crippen molar-refractivity contribution in [1.82, 2.24) is 4.57 Å². The minimum atomic E-state index is -3.46. The van der Waals surface area contributed by atoms with Crippen molar-refractivity contribution in [3.05, 3.63) is 40.2 Å². The second-order valence-corrected chi connectivity index (χ2v) is 8.80. The third kappa shape index (κ3) is 4.32. The van der Waals surface area contributed by atoms with Gasteiger partial charge in [0.2, 0.25) is 0 Å². The first-order valence-corrected chi connectivity index (χ1v) is 9.74. The van der Waals surface area contributed by atoms with Crippen LogP contribution < -0.4 is 5.32 Å². The summed E-state index contributed by atoms with van der Waals surface area (Å²) in [6, 6.07) is 5.10. The molecule has 126 valence electrons. The van der Waals surface area contributed by atoms with Crippen LogP contribution in [-0.4, -0.2) is 30.2 Å². The van der Waals surface area contributed by atoms with Gasteiger partial charge in [-0.15, -0.1) is 0 Å². The molecule has 2 heterocycles. The highest BCUT2D eigenvalue weighted by atomic mass is 32.2. The lowest BCUT2D eigenvalue weighted by atomic mass is 10.1. The quantitative estimate of drug-likeness (QED) is 0.607. The van der Waals surface area contributed by atoms with Gasteiger partial charge >= 0.3 is 5.69 Å². The first-order valence-electron chi connectivity index (χ1n) is 7.03. The Morgan fingerprint density at radius 3 is 2.70 bits per heavy atom. The molecule has 1 unspecified atom stereocenters. The summed E-state index contributed by atoms with van der Waals surface area (Å²) in [5, 5.41) is 14.5. The maximum absolute atomic E-state index is 11.6. The Balaban J connectivity index is 2.10. The third-order valence-electron chi connectivity index (χ3n) is 3.51. The zero-order chi connectivity index (χ0) is 17.2. The van der Waals surface area contributed by atoms with E-state index in [1.165, 1.54) is 5.69 Å². The summed E-state index contributed by atoms with van der Waals surface area (Å²) >= 11 is 0.904. The van der Waals surface area contributed by atoms with E-state index in [1.807, 2.05) is 36.9 Å². The van der Waals surface area contributed by atoms with E-state index in [9.17, 15) is 18.5 Å². The molecule has 0 saturated carbocycles. The van der Waals surface area contributed by atoms with Crippen molar-refractivity contribution in [3.63, 3.8) is 0 Å². The molecule has 9 heteroatoms. The maximum Gasteiger partial charge on any atom is 0.304 e. The number of sulfone groups is 1. The third-order valence-corrected chi connectivity index (χ3v) is 6.37. The number of aromatic nitrogens is 1. The van der Waals surface area contributed by atoms with Gasteiger partial charge in [0.05, 0.1) is 4.92 Å². The van der Waals surface area contributed by atoms with Crippen LogP contribution in [0.3, 0.4) is 0 Å². The molecule has 2 aromatic rings. The molecule has 1 atom stereocenters. The van der Waals surface area contributed by atoms with E-state index in [-0.39, 0.29) is 20.9 Å². The predicted molar refractivity (Wildman–Crippen MR) is 90.9 cm³/mol. The van der Waals surface area contributed by atoms with Gasteiger partial charge in [-0.05, 0) is 31.9 Å². The van der Waals surface area contributed by atoms with Crippen LogP contribution in [0.2, 0.25) is 0 Å². The van der Waals surface area contributed by atoms with Gasteiger partial charge in [-0.25, -0.2) is 8.42 Å². The van der Waals surface area contributed by atoms with Crippen molar-refractivity contribution < 1.29 is 13.3 Å². The fourth-order valence-electron chi connectivity index (χ4n) is 2.20. The summed E-state index contributed by atoms with van der Waals surface area (Å²) < 4.78 is 25.2. The van der Waals surface area contributed by atoms with Crippen LogP contribution in [-0.2, 0) is 23.3 Å². The van der Waals surface area contributed by atoms with Gasteiger partial charge in [0, 0.05) is 37.3 Å². The summed E-state index contributed by atoms with van der Waals surface area (Å²) in [6.07, 6.45) is 4.62. The fourth-order valence-corrected chi connectivity index (χ4v) is 4.25. The number of hydrogen-bond acceptors (Lipinski definition) is 6. The van der Waals surface area contributed by atoms with E-state index in [0.29, 0.717) is 0 Å². The summed E-state index contributed by atoms with van der Waals surface area (Å²) in [5.41, 5.74) is 0.984. The molecule has 2 aromatic heterocycles. The lowest BCUT2D eigenvalue weighted by Gasteiger charge is -2.13. The standard InChI is InChI=1S/C14H19N3O4S2/c1-10(6-7-11-5-4-8-16(11)2)15-14-12(17(18)19)9-13(22-14)23(3,20)21/h4-5,8-10,15H,6-7H2,1-3H3. The van der Waals surface area contributed by atoms with E-state index in [2.05, 4.69) is 5.32 Å². The molecule has 0 saturated heterocycles.